The van der Waals surface area contributed by atoms with Gasteiger partial charge in [0.25, 0.3) is 0 Å². The molecule has 4 atom stereocenters. The highest BCUT2D eigenvalue weighted by atomic mass is 15.0. The van der Waals surface area contributed by atoms with Crippen LogP contribution >= 0.6 is 0 Å². The third kappa shape index (κ3) is 2.20. The zero-order chi connectivity index (χ0) is 12.6. The van der Waals surface area contributed by atoms with E-state index in [-0.39, 0.29) is 0 Å². The molecular formula is C16H25N. The molecule has 0 spiro atoms. The molecule has 1 nitrogen and oxygen atoms in total. The van der Waals surface area contributed by atoms with Gasteiger partial charge in [-0.3, -0.25) is 0 Å². The average Bonchev–Trinajstić information content (AvgIpc) is 2.87. The molecule has 0 saturated heterocycles. The summed E-state index contributed by atoms with van der Waals surface area (Å²) in [6.07, 6.45) is 6.29. The molecule has 2 rings (SSSR count). The molecule has 0 radical (unpaired) electrons. The lowest BCUT2D eigenvalue weighted by Gasteiger charge is -2.33. The van der Waals surface area contributed by atoms with Gasteiger partial charge in [-0.1, -0.05) is 24.8 Å². The lowest BCUT2D eigenvalue weighted by molar-refractivity contribution is 0.296. The Morgan fingerprint density at radius 3 is 2.41 bits per heavy atom. The largest absolute Gasteiger partial charge is 0.382 e. The molecule has 2 aliphatic rings. The summed E-state index contributed by atoms with van der Waals surface area (Å²) in [5.41, 5.74) is 3.70. The van der Waals surface area contributed by atoms with Crippen LogP contribution in [0.4, 0.5) is 0 Å². The Labute approximate surface area is 106 Å². The minimum atomic E-state index is 0.577. The summed E-state index contributed by atoms with van der Waals surface area (Å²) in [4.78, 5) is 0. The van der Waals surface area contributed by atoms with Crippen molar-refractivity contribution in [1.29, 1.82) is 0 Å². The molecule has 1 N–H and O–H groups in total. The van der Waals surface area contributed by atoms with E-state index in [0.717, 1.165) is 17.5 Å². The first kappa shape index (κ1) is 12.5. The van der Waals surface area contributed by atoms with Crippen LogP contribution in [-0.4, -0.2) is 6.04 Å². The minimum absolute atomic E-state index is 0.577. The molecule has 2 bridgehead atoms. The first-order valence-electron chi connectivity index (χ1n) is 6.78. The molecule has 2 aliphatic carbocycles. The standard InChI is InChI=1S/C16H25N/c1-6-11(4)12(5)17-16-14-8-7-13(9-14)15(16)10(2)3/h6,13-17H,2,5,7-9H2,1,3-4H3/b11-6-. The Morgan fingerprint density at radius 2 is 1.82 bits per heavy atom. The second kappa shape index (κ2) is 4.72. The van der Waals surface area contributed by atoms with E-state index >= 15 is 0 Å². The SMILES string of the molecule is C=C(NC1C2CCC(C2)C1C(=C)C)/C(C)=C\C. The number of hydrogen-bond donors (Lipinski definition) is 1. The van der Waals surface area contributed by atoms with Crippen LogP contribution < -0.4 is 5.32 Å². The van der Waals surface area contributed by atoms with Gasteiger partial charge in [-0.2, -0.15) is 0 Å². The molecule has 17 heavy (non-hydrogen) atoms. The Kier molecular flexibility index (Phi) is 3.46. The van der Waals surface area contributed by atoms with Crippen molar-refractivity contribution >= 4 is 0 Å². The predicted molar refractivity (Wildman–Crippen MR) is 74.6 cm³/mol. The highest BCUT2D eigenvalue weighted by Gasteiger charge is 2.47. The Bertz CT molecular complexity index is 364. The normalized spacial score (nSPS) is 36.1. The maximum atomic E-state index is 4.19. The molecule has 0 aromatic carbocycles. The van der Waals surface area contributed by atoms with Crippen LogP contribution in [0, 0.1) is 17.8 Å². The van der Waals surface area contributed by atoms with E-state index in [1.165, 1.54) is 30.4 Å². The summed E-state index contributed by atoms with van der Waals surface area (Å²) in [5.74, 6) is 2.37. The van der Waals surface area contributed by atoms with Gasteiger partial charge in [0.15, 0.2) is 0 Å². The van der Waals surface area contributed by atoms with Gasteiger partial charge in [0.2, 0.25) is 0 Å². The predicted octanol–water partition coefficient (Wildman–Crippen LogP) is 4.05. The molecule has 0 heterocycles. The van der Waals surface area contributed by atoms with Crippen molar-refractivity contribution in [3.8, 4) is 0 Å². The summed E-state index contributed by atoms with van der Waals surface area (Å²) >= 11 is 0. The Morgan fingerprint density at radius 1 is 1.18 bits per heavy atom. The fourth-order valence-corrected chi connectivity index (χ4v) is 3.70. The number of fused-ring (bicyclic) bond motifs is 2. The summed E-state index contributed by atoms with van der Waals surface area (Å²) in [6, 6.07) is 0.577. The number of hydrogen-bond acceptors (Lipinski definition) is 1. The average molecular weight is 231 g/mol. The quantitative estimate of drug-likeness (QED) is 0.568. The topological polar surface area (TPSA) is 12.0 Å². The second-order valence-electron chi connectivity index (χ2n) is 5.83. The van der Waals surface area contributed by atoms with Gasteiger partial charge in [0, 0.05) is 17.7 Å². The molecule has 2 saturated carbocycles. The van der Waals surface area contributed by atoms with Gasteiger partial charge in [-0.05, 0) is 57.4 Å². The van der Waals surface area contributed by atoms with Crippen LogP contribution in [-0.2, 0) is 0 Å². The summed E-state index contributed by atoms with van der Waals surface area (Å²) in [6.45, 7) is 14.7. The van der Waals surface area contributed by atoms with E-state index in [1.54, 1.807) is 0 Å². The first-order valence-corrected chi connectivity index (χ1v) is 6.78. The van der Waals surface area contributed by atoms with Crippen molar-refractivity contribution in [2.24, 2.45) is 17.8 Å². The maximum absolute atomic E-state index is 4.19. The van der Waals surface area contributed by atoms with Crippen molar-refractivity contribution in [3.05, 3.63) is 36.1 Å². The first-order chi connectivity index (χ1) is 8.04. The van der Waals surface area contributed by atoms with Crippen molar-refractivity contribution in [1.82, 2.24) is 5.32 Å². The van der Waals surface area contributed by atoms with Crippen LogP contribution in [0.1, 0.15) is 40.0 Å². The van der Waals surface area contributed by atoms with Crippen LogP contribution in [0.3, 0.4) is 0 Å². The van der Waals surface area contributed by atoms with E-state index in [0.29, 0.717) is 12.0 Å². The van der Waals surface area contributed by atoms with Crippen molar-refractivity contribution in [2.45, 2.75) is 46.1 Å². The van der Waals surface area contributed by atoms with Crippen molar-refractivity contribution in [2.75, 3.05) is 0 Å². The molecule has 0 aromatic heterocycles. The Hall–Kier alpha value is -0.980. The van der Waals surface area contributed by atoms with E-state index < -0.39 is 0 Å². The van der Waals surface area contributed by atoms with Crippen LogP contribution in [0.15, 0.2) is 36.1 Å². The van der Waals surface area contributed by atoms with Crippen molar-refractivity contribution in [3.63, 3.8) is 0 Å². The second-order valence-corrected chi connectivity index (χ2v) is 5.83. The molecule has 0 aromatic rings. The van der Waals surface area contributed by atoms with Crippen LogP contribution in [0.2, 0.25) is 0 Å². The van der Waals surface area contributed by atoms with Gasteiger partial charge >= 0.3 is 0 Å². The molecule has 2 fully saturated rings. The molecule has 0 amide bonds. The fraction of sp³-hybridized carbons (Fsp3) is 0.625. The van der Waals surface area contributed by atoms with Gasteiger partial charge in [0.1, 0.15) is 0 Å². The highest BCUT2D eigenvalue weighted by Crippen LogP contribution is 2.51. The van der Waals surface area contributed by atoms with E-state index in [2.05, 4.69) is 45.3 Å². The number of allylic oxidation sites excluding steroid dienone is 2. The monoisotopic (exact) mass is 231 g/mol. The molecule has 0 aliphatic heterocycles. The smallest absolute Gasteiger partial charge is 0.0357 e. The van der Waals surface area contributed by atoms with Crippen LogP contribution in [0.5, 0.6) is 0 Å². The zero-order valence-corrected chi connectivity index (χ0v) is 11.4. The number of nitrogens with one attached hydrogen (secondary N) is 1. The molecular weight excluding hydrogens is 206 g/mol. The minimum Gasteiger partial charge on any atom is -0.382 e. The lowest BCUT2D eigenvalue weighted by atomic mass is 9.80. The van der Waals surface area contributed by atoms with Gasteiger partial charge < -0.3 is 5.32 Å². The van der Waals surface area contributed by atoms with E-state index in [1.807, 2.05) is 0 Å². The zero-order valence-electron chi connectivity index (χ0n) is 11.4. The van der Waals surface area contributed by atoms with Crippen LogP contribution in [0.25, 0.3) is 0 Å². The maximum Gasteiger partial charge on any atom is 0.0357 e. The van der Waals surface area contributed by atoms with Gasteiger partial charge in [-0.15, -0.1) is 0 Å². The highest BCUT2D eigenvalue weighted by molar-refractivity contribution is 5.26. The van der Waals surface area contributed by atoms with Gasteiger partial charge in [0.05, 0.1) is 0 Å². The van der Waals surface area contributed by atoms with Gasteiger partial charge in [-0.25, -0.2) is 0 Å². The van der Waals surface area contributed by atoms with E-state index in [9.17, 15) is 0 Å². The van der Waals surface area contributed by atoms with E-state index in [4.69, 9.17) is 0 Å². The third-order valence-electron chi connectivity index (χ3n) is 4.74. The Balaban J connectivity index is 2.09. The molecule has 4 unspecified atom stereocenters. The summed E-state index contributed by atoms with van der Waals surface area (Å²) < 4.78 is 0. The van der Waals surface area contributed by atoms with Crippen molar-refractivity contribution < 1.29 is 0 Å². The molecule has 94 valence electrons. The third-order valence-corrected chi connectivity index (χ3v) is 4.74. The fourth-order valence-electron chi connectivity index (χ4n) is 3.70. The summed E-state index contributed by atoms with van der Waals surface area (Å²) in [5, 5.41) is 3.67. The lowest BCUT2D eigenvalue weighted by Crippen LogP contribution is -2.40. The summed E-state index contributed by atoms with van der Waals surface area (Å²) in [7, 11) is 0. The molecule has 1 heteroatoms. The number of rotatable bonds is 4.